The number of hydrogen-bond donors (Lipinski definition) is 0. The van der Waals surface area contributed by atoms with E-state index in [1.54, 1.807) is 0 Å². The predicted molar refractivity (Wildman–Crippen MR) is 145 cm³/mol. The summed E-state index contributed by atoms with van der Waals surface area (Å²) >= 11 is 0. The van der Waals surface area contributed by atoms with Gasteiger partial charge in [-0.25, -0.2) is 19.2 Å². The van der Waals surface area contributed by atoms with Crippen LogP contribution in [0.2, 0.25) is 0 Å². The molecule has 0 amide bonds. The molecule has 38 heavy (non-hydrogen) atoms. The first-order valence-corrected chi connectivity index (χ1v) is 13.7. The van der Waals surface area contributed by atoms with Crippen molar-refractivity contribution in [2.75, 3.05) is 26.4 Å². The Hall–Kier alpha value is -2.90. The van der Waals surface area contributed by atoms with Crippen molar-refractivity contribution in [2.45, 2.75) is 81.1 Å². The SMILES string of the molecule is CC(C)CCOC(=O)c1ccc(C(=O)OCCC(C)C)c(C(=O)OCCC(C)C)c1C(=O)OCCC(C)C. The average molecular weight is 535 g/mol. The quantitative estimate of drug-likeness (QED) is 0.175. The summed E-state index contributed by atoms with van der Waals surface area (Å²) < 4.78 is 21.7. The third-order valence-electron chi connectivity index (χ3n) is 5.77. The maximum atomic E-state index is 13.3. The zero-order chi connectivity index (χ0) is 28.8. The summed E-state index contributed by atoms with van der Waals surface area (Å²) in [6.45, 7) is 16.4. The summed E-state index contributed by atoms with van der Waals surface area (Å²) in [6, 6.07) is 2.61. The Kier molecular flexibility index (Phi) is 14.7. The van der Waals surface area contributed by atoms with Gasteiger partial charge in [0, 0.05) is 0 Å². The van der Waals surface area contributed by atoms with Crippen LogP contribution < -0.4 is 0 Å². The molecule has 8 nitrogen and oxygen atoms in total. The third-order valence-corrected chi connectivity index (χ3v) is 5.77. The Balaban J connectivity index is 3.56. The van der Waals surface area contributed by atoms with Gasteiger partial charge in [-0.15, -0.1) is 0 Å². The van der Waals surface area contributed by atoms with E-state index in [1.165, 1.54) is 12.1 Å². The number of hydrogen-bond acceptors (Lipinski definition) is 8. The molecule has 0 saturated carbocycles. The number of carbonyl (C=O) groups excluding carboxylic acids is 4. The smallest absolute Gasteiger partial charge is 0.339 e. The molecule has 0 aliphatic rings. The van der Waals surface area contributed by atoms with Gasteiger partial charge in [-0.05, 0) is 61.5 Å². The molecule has 8 heteroatoms. The molecular formula is C30H46O8. The van der Waals surface area contributed by atoms with Gasteiger partial charge in [0.1, 0.15) is 0 Å². The first-order valence-electron chi connectivity index (χ1n) is 13.7. The molecule has 0 aliphatic carbocycles. The van der Waals surface area contributed by atoms with Crippen LogP contribution in [0, 0.1) is 23.7 Å². The van der Waals surface area contributed by atoms with Crippen LogP contribution in [-0.2, 0) is 18.9 Å². The molecule has 214 valence electrons. The zero-order valence-corrected chi connectivity index (χ0v) is 24.4. The van der Waals surface area contributed by atoms with E-state index in [0.29, 0.717) is 37.5 Å². The molecular weight excluding hydrogens is 488 g/mol. The van der Waals surface area contributed by atoms with E-state index < -0.39 is 23.9 Å². The van der Waals surface area contributed by atoms with E-state index in [-0.39, 0.29) is 60.5 Å². The van der Waals surface area contributed by atoms with Crippen molar-refractivity contribution in [3.05, 3.63) is 34.4 Å². The second-order valence-electron chi connectivity index (χ2n) is 11.2. The molecule has 1 aromatic rings. The van der Waals surface area contributed by atoms with Crippen LogP contribution in [0.25, 0.3) is 0 Å². The summed E-state index contributed by atoms with van der Waals surface area (Å²) in [5.74, 6) is -2.20. The predicted octanol–water partition coefficient (Wildman–Crippen LogP) is 6.50. The fraction of sp³-hybridized carbons (Fsp3) is 0.667. The Bertz CT molecular complexity index is 855. The van der Waals surface area contributed by atoms with Gasteiger partial charge in [0.05, 0.1) is 48.7 Å². The maximum Gasteiger partial charge on any atom is 0.339 e. The summed E-state index contributed by atoms with van der Waals surface area (Å²) in [5.41, 5.74) is -0.983. The topological polar surface area (TPSA) is 105 Å². The maximum absolute atomic E-state index is 13.3. The lowest BCUT2D eigenvalue weighted by Crippen LogP contribution is -2.24. The van der Waals surface area contributed by atoms with E-state index in [0.717, 1.165) is 0 Å². The molecule has 1 rings (SSSR count). The van der Waals surface area contributed by atoms with Gasteiger partial charge < -0.3 is 18.9 Å². The minimum absolute atomic E-state index is 0.0865. The first kappa shape index (κ1) is 33.1. The van der Waals surface area contributed by atoms with Crippen molar-refractivity contribution in [1.29, 1.82) is 0 Å². The molecule has 0 unspecified atom stereocenters. The molecule has 0 radical (unpaired) electrons. The molecule has 1 aromatic carbocycles. The second kappa shape index (κ2) is 16.8. The molecule has 0 atom stereocenters. The molecule has 0 saturated heterocycles. The minimum atomic E-state index is -0.894. The normalized spacial score (nSPS) is 11.3. The highest BCUT2D eigenvalue weighted by Gasteiger charge is 2.33. The Morgan fingerprint density at radius 3 is 0.947 bits per heavy atom. The fourth-order valence-electron chi connectivity index (χ4n) is 3.22. The van der Waals surface area contributed by atoms with Gasteiger partial charge in [-0.1, -0.05) is 55.4 Å². The number of ether oxygens (including phenoxy) is 4. The van der Waals surface area contributed by atoms with Gasteiger partial charge in [-0.2, -0.15) is 0 Å². The average Bonchev–Trinajstić information content (AvgIpc) is 2.81. The van der Waals surface area contributed by atoms with Crippen molar-refractivity contribution in [3.8, 4) is 0 Å². The van der Waals surface area contributed by atoms with Crippen molar-refractivity contribution in [2.24, 2.45) is 23.7 Å². The molecule has 0 aromatic heterocycles. The molecule has 0 spiro atoms. The molecule has 0 bridgehead atoms. The highest BCUT2D eigenvalue weighted by molar-refractivity contribution is 6.15. The lowest BCUT2D eigenvalue weighted by atomic mass is 9.95. The summed E-state index contributed by atoms with van der Waals surface area (Å²) in [4.78, 5) is 52.7. The van der Waals surface area contributed by atoms with Crippen molar-refractivity contribution < 1.29 is 38.1 Å². The van der Waals surface area contributed by atoms with E-state index in [1.807, 2.05) is 55.4 Å². The summed E-state index contributed by atoms with van der Waals surface area (Å²) in [5, 5.41) is 0. The number of benzene rings is 1. The van der Waals surface area contributed by atoms with Crippen LogP contribution in [-0.4, -0.2) is 50.3 Å². The van der Waals surface area contributed by atoms with Crippen LogP contribution in [0.1, 0.15) is 123 Å². The number of rotatable bonds is 16. The summed E-state index contributed by atoms with van der Waals surface area (Å²) in [7, 11) is 0. The van der Waals surface area contributed by atoms with Gasteiger partial charge in [0.25, 0.3) is 0 Å². The lowest BCUT2D eigenvalue weighted by molar-refractivity contribution is 0.0405. The molecule has 0 heterocycles. The van der Waals surface area contributed by atoms with Gasteiger partial charge in [0.15, 0.2) is 0 Å². The minimum Gasteiger partial charge on any atom is -0.462 e. The highest BCUT2D eigenvalue weighted by atomic mass is 16.5. The highest BCUT2D eigenvalue weighted by Crippen LogP contribution is 2.25. The van der Waals surface area contributed by atoms with E-state index in [2.05, 4.69) is 0 Å². The Labute approximate surface area is 227 Å². The molecule has 0 aliphatic heterocycles. The van der Waals surface area contributed by atoms with Gasteiger partial charge in [-0.3, -0.25) is 0 Å². The van der Waals surface area contributed by atoms with Crippen LogP contribution in [0.4, 0.5) is 0 Å². The van der Waals surface area contributed by atoms with Crippen LogP contribution in [0.5, 0.6) is 0 Å². The molecule has 0 fully saturated rings. The number of carbonyl (C=O) groups is 4. The third kappa shape index (κ3) is 11.7. The summed E-state index contributed by atoms with van der Waals surface area (Å²) in [6.07, 6.45) is 2.44. The number of esters is 4. The van der Waals surface area contributed by atoms with Crippen molar-refractivity contribution >= 4 is 23.9 Å². The van der Waals surface area contributed by atoms with Crippen molar-refractivity contribution in [1.82, 2.24) is 0 Å². The zero-order valence-electron chi connectivity index (χ0n) is 24.4. The van der Waals surface area contributed by atoms with E-state index in [4.69, 9.17) is 18.9 Å². The standard InChI is InChI=1S/C30H46O8/c1-19(2)11-15-35-27(31)23-9-10-24(28(32)36-16-12-20(3)4)26(30(34)38-18-14-22(7)8)25(23)29(33)37-17-13-21(5)6/h9-10,19-22H,11-18H2,1-8H3. The van der Waals surface area contributed by atoms with E-state index >= 15 is 0 Å². The van der Waals surface area contributed by atoms with Gasteiger partial charge >= 0.3 is 23.9 Å². The first-order chi connectivity index (χ1) is 17.8. The monoisotopic (exact) mass is 534 g/mol. The lowest BCUT2D eigenvalue weighted by Gasteiger charge is -2.17. The second-order valence-corrected chi connectivity index (χ2v) is 11.2. The fourth-order valence-corrected chi connectivity index (χ4v) is 3.22. The van der Waals surface area contributed by atoms with Crippen LogP contribution in [0.15, 0.2) is 12.1 Å². The van der Waals surface area contributed by atoms with E-state index in [9.17, 15) is 19.2 Å². The van der Waals surface area contributed by atoms with Crippen LogP contribution in [0.3, 0.4) is 0 Å². The molecule has 0 N–H and O–H groups in total. The van der Waals surface area contributed by atoms with Crippen molar-refractivity contribution in [3.63, 3.8) is 0 Å². The Morgan fingerprint density at radius 1 is 0.474 bits per heavy atom. The van der Waals surface area contributed by atoms with Crippen LogP contribution >= 0.6 is 0 Å². The Morgan fingerprint density at radius 2 is 0.711 bits per heavy atom. The van der Waals surface area contributed by atoms with Gasteiger partial charge in [0.2, 0.25) is 0 Å². The largest absolute Gasteiger partial charge is 0.462 e.